The van der Waals surface area contributed by atoms with Crippen LogP contribution in [0.5, 0.6) is 0 Å². The van der Waals surface area contributed by atoms with Crippen molar-refractivity contribution in [2.45, 2.75) is 64.2 Å². The molecule has 0 radical (unpaired) electrons. The quantitative estimate of drug-likeness (QED) is 0.184. The Kier molecular flexibility index (Phi) is 11.3. The van der Waals surface area contributed by atoms with Crippen molar-refractivity contribution in [3.63, 3.8) is 0 Å². The van der Waals surface area contributed by atoms with Crippen LogP contribution in [0.4, 0.5) is 0 Å². The van der Waals surface area contributed by atoms with Gasteiger partial charge in [0.2, 0.25) is 11.8 Å². The van der Waals surface area contributed by atoms with Crippen LogP contribution in [0.25, 0.3) is 0 Å². The van der Waals surface area contributed by atoms with Gasteiger partial charge in [-0.3, -0.25) is 19.2 Å². The highest BCUT2D eigenvalue weighted by Gasteiger charge is 2.50. The Labute approximate surface area is 259 Å². The highest BCUT2D eigenvalue weighted by atomic mass is 16.2. The zero-order chi connectivity index (χ0) is 31.5. The summed E-state index contributed by atoms with van der Waals surface area (Å²) in [5.74, 6) is -1.04. The molecule has 1 aliphatic carbocycles. The Morgan fingerprint density at radius 3 is 1.95 bits per heavy atom. The van der Waals surface area contributed by atoms with E-state index < -0.39 is 11.6 Å². The van der Waals surface area contributed by atoms with Crippen LogP contribution >= 0.6 is 0 Å². The largest absolute Gasteiger partial charge is 0.355 e. The molecule has 44 heavy (non-hydrogen) atoms. The van der Waals surface area contributed by atoms with Crippen molar-refractivity contribution in [1.29, 1.82) is 0 Å². The van der Waals surface area contributed by atoms with Gasteiger partial charge in [0.05, 0.1) is 5.54 Å². The smallest absolute Gasteiger partial charge is 0.251 e. The van der Waals surface area contributed by atoms with E-state index >= 15 is 0 Å². The van der Waals surface area contributed by atoms with Gasteiger partial charge in [-0.1, -0.05) is 80.6 Å². The lowest BCUT2D eigenvalue weighted by Gasteiger charge is -2.27. The topological polar surface area (TPSA) is 128 Å². The van der Waals surface area contributed by atoms with Gasteiger partial charge in [-0.15, -0.1) is 0 Å². The summed E-state index contributed by atoms with van der Waals surface area (Å²) in [4.78, 5) is 52.1. The molecule has 0 spiro atoms. The van der Waals surface area contributed by atoms with Crippen LogP contribution in [0.15, 0.2) is 84.9 Å². The molecule has 5 N–H and O–H groups in total. The Balaban J connectivity index is 1.42. The molecule has 0 saturated heterocycles. The molecule has 4 amide bonds. The Morgan fingerprint density at radius 2 is 1.36 bits per heavy atom. The number of hydrogen-bond acceptors (Lipinski definition) is 5. The van der Waals surface area contributed by atoms with Crippen molar-refractivity contribution < 1.29 is 19.2 Å². The van der Waals surface area contributed by atoms with Crippen molar-refractivity contribution in [1.82, 2.24) is 26.6 Å². The fourth-order valence-corrected chi connectivity index (χ4v) is 5.05. The van der Waals surface area contributed by atoms with E-state index in [4.69, 9.17) is 0 Å². The predicted octanol–water partition coefficient (Wildman–Crippen LogP) is 3.36. The average Bonchev–Trinajstić information content (AvgIpc) is 3.83. The van der Waals surface area contributed by atoms with Gasteiger partial charge in [-0.05, 0) is 61.4 Å². The van der Waals surface area contributed by atoms with Crippen LogP contribution in [0.2, 0.25) is 0 Å². The fraction of sp³-hybridized carbons (Fsp3) is 0.371. The number of carbonyl (C=O) groups is 4. The van der Waals surface area contributed by atoms with Gasteiger partial charge in [0.15, 0.2) is 0 Å². The normalized spacial score (nSPS) is 14.6. The SMILES string of the molecule is CCNC(=O)[C@@H](NC(=O)C1(NC[C@H](Cc2ccccc2)NC(=O)c2cccc(C(=O)NCc3ccccc3)c2)CC1)C(C)C. The number of hydrogen-bond donors (Lipinski definition) is 5. The van der Waals surface area contributed by atoms with Crippen molar-refractivity contribution >= 4 is 23.6 Å². The van der Waals surface area contributed by atoms with E-state index in [-0.39, 0.29) is 35.6 Å². The zero-order valence-electron chi connectivity index (χ0n) is 25.7. The number of likely N-dealkylation sites (N-methyl/N-ethyl adjacent to an activating group) is 1. The lowest BCUT2D eigenvalue weighted by Crippen LogP contribution is -2.57. The summed E-state index contributed by atoms with van der Waals surface area (Å²) in [6.07, 6.45) is 1.83. The molecule has 9 nitrogen and oxygen atoms in total. The summed E-state index contributed by atoms with van der Waals surface area (Å²) in [5, 5.41) is 15.2. The minimum Gasteiger partial charge on any atom is -0.355 e. The fourth-order valence-electron chi connectivity index (χ4n) is 5.05. The standard InChI is InChI=1S/C35H43N5O4/c1-4-36-33(43)30(24(2)3)40-34(44)35(18-19-35)38-23-29(20-25-12-7-5-8-13-25)39-32(42)28-17-11-16-27(21-28)31(41)37-22-26-14-9-6-10-15-26/h5-17,21,24,29-30,38H,4,18-20,22-23H2,1-3H3,(H,36,43)(H,37,41)(H,39,42)(H,40,44)/t29-,30-/m0/s1. The van der Waals surface area contributed by atoms with Gasteiger partial charge in [-0.2, -0.15) is 0 Å². The highest BCUT2D eigenvalue weighted by Crippen LogP contribution is 2.36. The molecular formula is C35H43N5O4. The van der Waals surface area contributed by atoms with E-state index in [1.54, 1.807) is 24.3 Å². The molecule has 0 unspecified atom stereocenters. The van der Waals surface area contributed by atoms with Crippen molar-refractivity contribution in [3.05, 3.63) is 107 Å². The molecule has 232 valence electrons. The first-order valence-corrected chi connectivity index (χ1v) is 15.3. The van der Waals surface area contributed by atoms with E-state index in [0.717, 1.165) is 11.1 Å². The van der Waals surface area contributed by atoms with Gasteiger partial charge >= 0.3 is 0 Å². The summed E-state index contributed by atoms with van der Waals surface area (Å²) < 4.78 is 0. The Hall–Kier alpha value is -4.50. The third-order valence-electron chi connectivity index (χ3n) is 7.80. The average molecular weight is 598 g/mol. The number of rotatable bonds is 15. The molecule has 9 heteroatoms. The predicted molar refractivity (Wildman–Crippen MR) is 171 cm³/mol. The Morgan fingerprint density at radius 1 is 0.750 bits per heavy atom. The van der Waals surface area contributed by atoms with E-state index in [9.17, 15) is 19.2 Å². The molecule has 2 atom stereocenters. The van der Waals surface area contributed by atoms with Crippen LogP contribution in [0.3, 0.4) is 0 Å². The first-order valence-electron chi connectivity index (χ1n) is 15.3. The summed E-state index contributed by atoms with van der Waals surface area (Å²) in [7, 11) is 0. The molecule has 4 rings (SSSR count). The monoisotopic (exact) mass is 597 g/mol. The maximum absolute atomic E-state index is 13.4. The second-order valence-corrected chi connectivity index (χ2v) is 11.7. The van der Waals surface area contributed by atoms with Gasteiger partial charge < -0.3 is 26.6 Å². The summed E-state index contributed by atoms with van der Waals surface area (Å²) in [5.41, 5.74) is 2.01. The van der Waals surface area contributed by atoms with Crippen LogP contribution in [-0.2, 0) is 22.6 Å². The zero-order valence-corrected chi connectivity index (χ0v) is 25.7. The second-order valence-electron chi connectivity index (χ2n) is 11.7. The van der Waals surface area contributed by atoms with Gasteiger partial charge in [0.25, 0.3) is 11.8 Å². The molecule has 0 bridgehead atoms. The summed E-state index contributed by atoms with van der Waals surface area (Å²) in [6.45, 7) is 6.87. The number of nitrogens with one attached hydrogen (secondary N) is 5. The summed E-state index contributed by atoms with van der Waals surface area (Å²) in [6, 6.07) is 25.1. The lowest BCUT2D eigenvalue weighted by molar-refractivity contribution is -0.131. The molecule has 1 aliphatic rings. The minimum atomic E-state index is -0.782. The molecule has 3 aromatic rings. The van der Waals surface area contributed by atoms with E-state index in [1.165, 1.54) is 0 Å². The van der Waals surface area contributed by atoms with E-state index in [2.05, 4.69) is 26.6 Å². The maximum Gasteiger partial charge on any atom is 0.251 e. The molecular weight excluding hydrogens is 554 g/mol. The molecule has 3 aromatic carbocycles. The van der Waals surface area contributed by atoms with Crippen molar-refractivity contribution in [2.75, 3.05) is 13.1 Å². The van der Waals surface area contributed by atoms with Crippen LogP contribution in [0, 0.1) is 5.92 Å². The summed E-state index contributed by atoms with van der Waals surface area (Å²) >= 11 is 0. The Bertz CT molecular complexity index is 1420. The molecule has 1 saturated carbocycles. The second kappa shape index (κ2) is 15.3. The van der Waals surface area contributed by atoms with Crippen LogP contribution in [0.1, 0.15) is 65.5 Å². The maximum atomic E-state index is 13.4. The third kappa shape index (κ3) is 9.00. The van der Waals surface area contributed by atoms with Gasteiger partial charge in [-0.25, -0.2) is 0 Å². The first kappa shape index (κ1) is 32.4. The highest BCUT2D eigenvalue weighted by molar-refractivity contribution is 5.99. The molecule has 0 aliphatic heterocycles. The van der Waals surface area contributed by atoms with E-state index in [0.29, 0.717) is 50.0 Å². The minimum absolute atomic E-state index is 0.0670. The number of amides is 4. The number of benzene rings is 3. The van der Waals surface area contributed by atoms with Crippen LogP contribution < -0.4 is 26.6 Å². The molecule has 0 aromatic heterocycles. The first-order chi connectivity index (χ1) is 21.2. The molecule has 1 fully saturated rings. The van der Waals surface area contributed by atoms with Gasteiger partial charge in [0, 0.05) is 36.8 Å². The van der Waals surface area contributed by atoms with Crippen LogP contribution in [-0.4, -0.2) is 54.3 Å². The van der Waals surface area contributed by atoms with Crippen molar-refractivity contribution in [3.8, 4) is 0 Å². The molecule has 0 heterocycles. The third-order valence-corrected chi connectivity index (χ3v) is 7.80. The van der Waals surface area contributed by atoms with E-state index in [1.807, 2.05) is 81.4 Å². The lowest BCUT2D eigenvalue weighted by atomic mass is 10.0. The number of carbonyl (C=O) groups excluding carboxylic acids is 4. The van der Waals surface area contributed by atoms with Gasteiger partial charge in [0.1, 0.15) is 6.04 Å². The van der Waals surface area contributed by atoms with Crippen molar-refractivity contribution in [2.24, 2.45) is 5.92 Å².